The van der Waals surface area contributed by atoms with Gasteiger partial charge in [0, 0.05) is 11.3 Å². The van der Waals surface area contributed by atoms with Crippen molar-refractivity contribution >= 4 is 11.3 Å². The molecular formula is C12H20N6S. The molecule has 0 saturated carbocycles. The van der Waals surface area contributed by atoms with Crippen molar-refractivity contribution in [2.75, 3.05) is 6.54 Å². The highest BCUT2D eigenvalue weighted by molar-refractivity contribution is 7.11. The normalized spacial score (nSPS) is 12.8. The summed E-state index contributed by atoms with van der Waals surface area (Å²) in [5.41, 5.74) is 1.10. The highest BCUT2D eigenvalue weighted by atomic mass is 32.1. The minimum atomic E-state index is 0.218. The van der Waals surface area contributed by atoms with Gasteiger partial charge in [-0.15, -0.1) is 21.5 Å². The number of nitrogens with one attached hydrogen (secondary N) is 1. The van der Waals surface area contributed by atoms with Crippen LogP contribution in [0.4, 0.5) is 0 Å². The van der Waals surface area contributed by atoms with Crippen LogP contribution in [-0.4, -0.2) is 31.7 Å². The Morgan fingerprint density at radius 3 is 2.68 bits per heavy atom. The van der Waals surface area contributed by atoms with Crippen LogP contribution in [0, 0.1) is 13.8 Å². The second-order valence-corrected chi connectivity index (χ2v) is 5.82. The zero-order valence-electron chi connectivity index (χ0n) is 11.8. The van der Waals surface area contributed by atoms with E-state index >= 15 is 0 Å². The Kier molecular flexibility index (Phi) is 4.60. The second-order valence-electron chi connectivity index (χ2n) is 4.59. The Balaban J connectivity index is 2.18. The van der Waals surface area contributed by atoms with Gasteiger partial charge >= 0.3 is 0 Å². The third-order valence-corrected chi connectivity index (χ3v) is 4.02. The van der Waals surface area contributed by atoms with E-state index in [2.05, 4.69) is 39.6 Å². The van der Waals surface area contributed by atoms with E-state index in [4.69, 9.17) is 0 Å². The van der Waals surface area contributed by atoms with Gasteiger partial charge in [0.2, 0.25) is 0 Å². The molecule has 2 aromatic rings. The minimum absolute atomic E-state index is 0.218. The summed E-state index contributed by atoms with van der Waals surface area (Å²) < 4.78 is 0. The molecule has 6 nitrogen and oxygen atoms in total. The molecule has 2 rings (SSSR count). The molecule has 0 aliphatic rings. The zero-order valence-corrected chi connectivity index (χ0v) is 12.7. The van der Waals surface area contributed by atoms with E-state index in [1.807, 2.05) is 6.92 Å². The van der Waals surface area contributed by atoms with Gasteiger partial charge in [-0.25, -0.2) is 4.98 Å². The highest BCUT2D eigenvalue weighted by Crippen LogP contribution is 2.26. The maximum Gasteiger partial charge on any atom is 0.176 e. The van der Waals surface area contributed by atoms with Crippen LogP contribution in [0.2, 0.25) is 0 Å². The van der Waals surface area contributed by atoms with Gasteiger partial charge in [-0.1, -0.05) is 6.92 Å². The first kappa shape index (κ1) is 14.1. The second kappa shape index (κ2) is 6.21. The molecule has 2 aromatic heterocycles. The fraction of sp³-hybridized carbons (Fsp3) is 0.667. The molecule has 0 aliphatic heterocycles. The van der Waals surface area contributed by atoms with E-state index in [1.165, 1.54) is 9.67 Å². The predicted molar refractivity (Wildman–Crippen MR) is 75.1 cm³/mol. The molecular weight excluding hydrogens is 260 g/mol. The lowest BCUT2D eigenvalue weighted by Gasteiger charge is -2.15. The predicted octanol–water partition coefficient (Wildman–Crippen LogP) is 1.57. The van der Waals surface area contributed by atoms with Crippen LogP contribution < -0.4 is 5.32 Å². The lowest BCUT2D eigenvalue weighted by atomic mass is 10.1. The molecule has 2 heterocycles. The van der Waals surface area contributed by atoms with Crippen LogP contribution in [0.1, 0.15) is 40.8 Å². The van der Waals surface area contributed by atoms with Gasteiger partial charge in [0.1, 0.15) is 0 Å². The molecule has 0 radical (unpaired) electrons. The summed E-state index contributed by atoms with van der Waals surface area (Å²) >= 11 is 1.74. The number of tetrazole rings is 1. The van der Waals surface area contributed by atoms with Crippen LogP contribution >= 0.6 is 11.3 Å². The van der Waals surface area contributed by atoms with Gasteiger partial charge in [0.05, 0.1) is 23.8 Å². The van der Waals surface area contributed by atoms with Crippen molar-refractivity contribution in [3.8, 4) is 0 Å². The number of thiazole rings is 1. The number of nitrogens with zero attached hydrogens (tertiary/aromatic N) is 5. The number of aryl methyl sites for hydroxylation is 3. The zero-order chi connectivity index (χ0) is 13.8. The molecule has 104 valence electrons. The third kappa shape index (κ3) is 3.57. The number of aromatic nitrogens is 5. The van der Waals surface area contributed by atoms with Crippen molar-refractivity contribution < 1.29 is 0 Å². The first-order valence-electron chi connectivity index (χ1n) is 6.50. The lowest BCUT2D eigenvalue weighted by molar-refractivity contribution is 0.521. The molecule has 0 amide bonds. The molecule has 0 aliphatic carbocycles. The van der Waals surface area contributed by atoms with Gasteiger partial charge < -0.3 is 5.32 Å². The van der Waals surface area contributed by atoms with Crippen LogP contribution in [0.3, 0.4) is 0 Å². The smallest absolute Gasteiger partial charge is 0.176 e. The molecule has 1 atom stereocenters. The molecule has 0 bridgehead atoms. The van der Waals surface area contributed by atoms with Gasteiger partial charge in [-0.05, 0) is 32.0 Å². The van der Waals surface area contributed by atoms with E-state index < -0.39 is 0 Å². The van der Waals surface area contributed by atoms with Gasteiger partial charge in [-0.2, -0.15) is 4.80 Å². The van der Waals surface area contributed by atoms with Crippen molar-refractivity contribution in [3.63, 3.8) is 0 Å². The molecule has 7 heteroatoms. The Morgan fingerprint density at radius 2 is 2.16 bits per heavy atom. The average Bonchev–Trinajstić information content (AvgIpc) is 2.91. The van der Waals surface area contributed by atoms with Crippen molar-refractivity contribution in [1.82, 2.24) is 30.5 Å². The molecule has 19 heavy (non-hydrogen) atoms. The average molecular weight is 280 g/mol. The van der Waals surface area contributed by atoms with E-state index in [0.29, 0.717) is 0 Å². The molecule has 0 fully saturated rings. The Hall–Kier alpha value is -1.34. The fourth-order valence-electron chi connectivity index (χ4n) is 2.03. The largest absolute Gasteiger partial charge is 0.309 e. The number of hydrogen-bond donors (Lipinski definition) is 1. The van der Waals surface area contributed by atoms with Crippen LogP contribution in [-0.2, 0) is 13.5 Å². The molecule has 1 unspecified atom stereocenters. The van der Waals surface area contributed by atoms with E-state index in [0.717, 1.165) is 35.9 Å². The van der Waals surface area contributed by atoms with Crippen molar-refractivity contribution in [3.05, 3.63) is 21.4 Å². The van der Waals surface area contributed by atoms with Gasteiger partial charge in [0.15, 0.2) is 5.82 Å². The fourth-order valence-corrected chi connectivity index (χ4v) is 3.04. The van der Waals surface area contributed by atoms with Crippen molar-refractivity contribution in [1.29, 1.82) is 0 Å². The Bertz CT molecular complexity index is 532. The van der Waals surface area contributed by atoms with Gasteiger partial charge in [0.25, 0.3) is 0 Å². The summed E-state index contributed by atoms with van der Waals surface area (Å²) in [7, 11) is 1.78. The molecule has 1 N–H and O–H groups in total. The lowest BCUT2D eigenvalue weighted by Crippen LogP contribution is -2.24. The summed E-state index contributed by atoms with van der Waals surface area (Å²) in [5, 5.41) is 16.9. The first-order chi connectivity index (χ1) is 9.10. The van der Waals surface area contributed by atoms with E-state index in [9.17, 15) is 0 Å². The quantitative estimate of drug-likeness (QED) is 0.870. The number of rotatable bonds is 6. The highest BCUT2D eigenvalue weighted by Gasteiger charge is 2.19. The molecule has 0 saturated heterocycles. The summed E-state index contributed by atoms with van der Waals surface area (Å²) in [5.74, 6) is 0.765. The first-order valence-corrected chi connectivity index (χ1v) is 7.32. The molecule has 0 aromatic carbocycles. The minimum Gasteiger partial charge on any atom is -0.309 e. The Labute approximate surface area is 117 Å². The van der Waals surface area contributed by atoms with Crippen molar-refractivity contribution in [2.24, 2.45) is 7.05 Å². The Morgan fingerprint density at radius 1 is 1.37 bits per heavy atom. The summed E-state index contributed by atoms with van der Waals surface area (Å²) in [6.45, 7) is 7.24. The topological polar surface area (TPSA) is 68.5 Å². The van der Waals surface area contributed by atoms with Crippen LogP contribution in [0.5, 0.6) is 0 Å². The van der Waals surface area contributed by atoms with Gasteiger partial charge in [-0.3, -0.25) is 0 Å². The molecule has 0 spiro atoms. The standard InChI is InChI=1S/C12H20N6S/c1-5-6-13-10(7-11-15-17-18(4)16-11)12-8(2)14-9(3)19-12/h10,13H,5-7H2,1-4H3. The monoisotopic (exact) mass is 280 g/mol. The van der Waals surface area contributed by atoms with E-state index in [-0.39, 0.29) is 6.04 Å². The van der Waals surface area contributed by atoms with Crippen molar-refractivity contribution in [2.45, 2.75) is 39.7 Å². The maximum absolute atomic E-state index is 4.50. The summed E-state index contributed by atoms with van der Waals surface area (Å²) in [6, 6.07) is 0.218. The summed E-state index contributed by atoms with van der Waals surface area (Å²) in [6.07, 6.45) is 1.84. The SMILES string of the molecule is CCCNC(Cc1nnn(C)n1)c1sc(C)nc1C. The van der Waals surface area contributed by atoms with Crippen LogP contribution in [0.15, 0.2) is 0 Å². The van der Waals surface area contributed by atoms with E-state index in [1.54, 1.807) is 18.4 Å². The third-order valence-electron chi connectivity index (χ3n) is 2.83. The number of hydrogen-bond acceptors (Lipinski definition) is 6. The maximum atomic E-state index is 4.50. The van der Waals surface area contributed by atoms with Crippen LogP contribution in [0.25, 0.3) is 0 Å². The summed E-state index contributed by atoms with van der Waals surface area (Å²) in [4.78, 5) is 7.28.